The van der Waals surface area contributed by atoms with Crippen LogP contribution >= 0.6 is 0 Å². The van der Waals surface area contributed by atoms with Gasteiger partial charge in [-0.1, -0.05) is 45.6 Å². The van der Waals surface area contributed by atoms with Gasteiger partial charge in [0.2, 0.25) is 0 Å². The predicted octanol–water partition coefficient (Wildman–Crippen LogP) is 6.20. The highest BCUT2D eigenvalue weighted by atomic mass is 28.3. The van der Waals surface area contributed by atoms with Gasteiger partial charge in [0.05, 0.1) is 12.2 Å². The lowest BCUT2D eigenvalue weighted by Crippen LogP contribution is -2.22. The average molecular weight is 696 g/mol. The average Bonchev–Trinajstić information content (AvgIpc) is 3.93. The van der Waals surface area contributed by atoms with Gasteiger partial charge >= 0.3 is 5.97 Å². The molecule has 6 heterocycles. The fourth-order valence-electron chi connectivity index (χ4n) is 7.22. The molecule has 0 saturated heterocycles. The molecule has 0 fully saturated rings. The zero-order chi connectivity index (χ0) is 35.9. The SMILES string of the molecule is CCc1c2[nH]c(c1C)/C=c1/cc/c([nH]1)=C(\c1ccc(C(=O)OCC[Si](C)(C)C)cc1)c1ccc([nH]1)Cc1[nH]c(c(CC)c1C)/C=c1/cc/c([nH]1)=C/2. The van der Waals surface area contributed by atoms with E-state index < -0.39 is 8.07 Å². The number of nitrogens with one attached hydrogen (secondary N) is 5. The van der Waals surface area contributed by atoms with Gasteiger partial charge in [0.25, 0.3) is 0 Å². The van der Waals surface area contributed by atoms with Gasteiger partial charge in [-0.25, -0.2) is 4.79 Å². The van der Waals surface area contributed by atoms with Gasteiger partial charge in [-0.2, -0.15) is 0 Å². The van der Waals surface area contributed by atoms with E-state index in [4.69, 9.17) is 4.74 Å². The van der Waals surface area contributed by atoms with Crippen LogP contribution in [0, 0.1) is 13.8 Å². The number of rotatable bonds is 7. The van der Waals surface area contributed by atoms with Gasteiger partial charge in [0.1, 0.15) is 0 Å². The first-order valence-electron chi connectivity index (χ1n) is 18.2. The topological polar surface area (TPSA) is 105 Å². The molecule has 262 valence electrons. The summed E-state index contributed by atoms with van der Waals surface area (Å²) in [5, 5.41) is 4.12. The van der Waals surface area contributed by atoms with Crippen LogP contribution in [0.4, 0.5) is 0 Å². The van der Waals surface area contributed by atoms with Crippen LogP contribution in [0.15, 0.2) is 60.7 Å². The molecule has 5 aromatic heterocycles. The zero-order valence-corrected chi connectivity index (χ0v) is 31.9. The minimum atomic E-state index is -1.29. The molecule has 1 aliphatic rings. The van der Waals surface area contributed by atoms with Crippen LogP contribution in [0.5, 0.6) is 0 Å². The molecule has 0 spiro atoms. The van der Waals surface area contributed by atoms with Crippen molar-refractivity contribution in [2.24, 2.45) is 0 Å². The quantitative estimate of drug-likeness (QED) is 0.101. The van der Waals surface area contributed by atoms with Crippen LogP contribution in [0.1, 0.15) is 86.2 Å². The molecule has 8 heteroatoms. The van der Waals surface area contributed by atoms with Crippen LogP contribution in [-0.2, 0) is 24.0 Å². The van der Waals surface area contributed by atoms with E-state index >= 15 is 0 Å². The first-order valence-corrected chi connectivity index (χ1v) is 21.9. The molecular weight excluding hydrogens is 647 g/mol. The van der Waals surface area contributed by atoms with Crippen molar-refractivity contribution in [2.45, 2.75) is 72.6 Å². The maximum Gasteiger partial charge on any atom is 0.338 e. The summed E-state index contributed by atoms with van der Waals surface area (Å²) in [6, 6.07) is 21.7. The fourth-order valence-corrected chi connectivity index (χ4v) is 7.94. The Kier molecular flexibility index (Phi) is 9.29. The van der Waals surface area contributed by atoms with Gasteiger partial charge in [-0.05, 0) is 127 Å². The second kappa shape index (κ2) is 13.8. The van der Waals surface area contributed by atoms with Crippen molar-refractivity contribution in [3.8, 4) is 0 Å². The monoisotopic (exact) mass is 695 g/mol. The third-order valence-electron chi connectivity index (χ3n) is 10.2. The molecule has 5 N–H and O–H groups in total. The lowest BCUT2D eigenvalue weighted by Gasteiger charge is -2.15. The molecule has 1 aromatic carbocycles. The number of benzene rings is 1. The molecule has 0 aliphatic carbocycles. The molecule has 1 aliphatic heterocycles. The Morgan fingerprint density at radius 1 is 0.686 bits per heavy atom. The van der Waals surface area contributed by atoms with Gasteiger partial charge in [-0.3, -0.25) is 0 Å². The summed E-state index contributed by atoms with van der Waals surface area (Å²) in [6.07, 6.45) is 9.26. The highest BCUT2D eigenvalue weighted by Crippen LogP contribution is 2.26. The van der Waals surface area contributed by atoms with Crippen LogP contribution in [0.25, 0.3) is 23.8 Å². The summed E-state index contributed by atoms with van der Waals surface area (Å²) in [5.74, 6) is -0.273. The Morgan fingerprint density at radius 3 is 2.00 bits per heavy atom. The molecule has 7 rings (SSSR count). The largest absolute Gasteiger partial charge is 0.462 e. The van der Waals surface area contributed by atoms with E-state index in [-0.39, 0.29) is 5.97 Å². The van der Waals surface area contributed by atoms with E-state index in [0.717, 1.165) is 86.3 Å². The molecule has 7 nitrogen and oxygen atoms in total. The van der Waals surface area contributed by atoms with E-state index in [1.54, 1.807) is 0 Å². The Bertz CT molecular complexity index is 2470. The van der Waals surface area contributed by atoms with Gasteiger partial charge < -0.3 is 29.7 Å². The number of hydrogen-bond donors (Lipinski definition) is 5. The second-order valence-electron chi connectivity index (χ2n) is 15.0. The van der Waals surface area contributed by atoms with E-state index in [9.17, 15) is 4.79 Å². The molecule has 0 radical (unpaired) electrons. The van der Waals surface area contributed by atoms with Crippen molar-refractivity contribution < 1.29 is 9.53 Å². The molecule has 0 unspecified atom stereocenters. The number of ether oxygens (including phenoxy) is 1. The van der Waals surface area contributed by atoms with Crippen molar-refractivity contribution in [1.82, 2.24) is 24.9 Å². The van der Waals surface area contributed by atoms with Gasteiger partial charge in [0, 0.05) is 75.6 Å². The minimum Gasteiger partial charge on any atom is -0.462 e. The van der Waals surface area contributed by atoms with Crippen LogP contribution in [-0.4, -0.2) is 45.6 Å². The van der Waals surface area contributed by atoms with E-state index in [0.29, 0.717) is 12.2 Å². The summed E-state index contributed by atoms with van der Waals surface area (Å²) >= 11 is 0. The van der Waals surface area contributed by atoms with Gasteiger partial charge in [-0.15, -0.1) is 0 Å². The third kappa shape index (κ3) is 7.19. The molecule has 0 saturated carbocycles. The maximum atomic E-state index is 12.9. The Labute approximate surface area is 300 Å². The number of aromatic nitrogens is 5. The highest BCUT2D eigenvalue weighted by Gasteiger charge is 2.18. The number of carbonyl (C=O) groups excluding carboxylic acids is 1. The predicted molar refractivity (Wildman–Crippen MR) is 211 cm³/mol. The summed E-state index contributed by atoms with van der Waals surface area (Å²) in [6.45, 7) is 16.2. The smallest absolute Gasteiger partial charge is 0.338 e. The maximum absolute atomic E-state index is 12.9. The Morgan fingerprint density at radius 2 is 1.31 bits per heavy atom. The summed E-state index contributed by atoms with van der Waals surface area (Å²) in [7, 11) is -1.29. The van der Waals surface area contributed by atoms with Crippen molar-refractivity contribution in [3.05, 3.63) is 150 Å². The summed E-state index contributed by atoms with van der Waals surface area (Å²) in [5.41, 5.74) is 14.5. The molecule has 0 atom stereocenters. The number of hydrogen-bond acceptors (Lipinski definition) is 2. The molecule has 51 heavy (non-hydrogen) atoms. The van der Waals surface area contributed by atoms with E-state index in [2.05, 4.69) is 127 Å². The second-order valence-corrected chi connectivity index (χ2v) is 20.6. The minimum absolute atomic E-state index is 0.273. The number of aromatic amines is 5. The molecule has 10 bridgehead atoms. The van der Waals surface area contributed by atoms with Crippen LogP contribution in [0.2, 0.25) is 25.7 Å². The number of H-pyrrole nitrogens is 5. The molecule has 6 aromatic rings. The summed E-state index contributed by atoms with van der Waals surface area (Å²) < 4.78 is 5.64. The third-order valence-corrected chi connectivity index (χ3v) is 11.9. The first kappa shape index (κ1) is 34.2. The van der Waals surface area contributed by atoms with Crippen LogP contribution < -0.4 is 21.4 Å². The van der Waals surface area contributed by atoms with E-state index in [1.807, 2.05) is 24.3 Å². The fraction of sp³-hybridized carbons (Fsp3) is 0.279. The van der Waals surface area contributed by atoms with Crippen molar-refractivity contribution in [1.29, 1.82) is 0 Å². The number of carbonyl (C=O) groups is 1. The molecule has 0 amide bonds. The number of fused-ring (bicyclic) bond motifs is 10. The first-order chi connectivity index (χ1) is 24.5. The number of esters is 1. The van der Waals surface area contributed by atoms with Crippen LogP contribution in [0.3, 0.4) is 0 Å². The lowest BCUT2D eigenvalue weighted by atomic mass is 10.0. The summed E-state index contributed by atoms with van der Waals surface area (Å²) in [4.78, 5) is 31.5. The zero-order valence-electron chi connectivity index (χ0n) is 30.9. The Hall–Kier alpha value is -5.21. The van der Waals surface area contributed by atoms with Gasteiger partial charge in [0.15, 0.2) is 0 Å². The lowest BCUT2D eigenvalue weighted by molar-refractivity contribution is 0.0525. The normalized spacial score (nSPS) is 16.0. The van der Waals surface area contributed by atoms with Crippen molar-refractivity contribution >= 4 is 37.8 Å². The molecular formula is C43H49N5O2Si. The Balaban J connectivity index is 1.38. The standard InChI is InChI=1S/C43H49N5O2Si/c1-8-34-26(3)38-22-32-16-18-36(45-32)42(28-10-12-29(13-11-28)43(49)50-20-21-51(5,6)7)37-19-17-33(46-37)23-39-27(4)35(9-2)41(48-39)25-31-15-14-30(44-31)24-40(34)47-38/h10-19,22,24-25,44-48H,8-9,20-21,23H2,1-7H3/b30-24-,31-25-,32-22-,42-36-. The van der Waals surface area contributed by atoms with Crippen molar-refractivity contribution in [2.75, 3.05) is 6.61 Å². The highest BCUT2D eigenvalue weighted by molar-refractivity contribution is 6.76. The van der Waals surface area contributed by atoms with E-state index in [1.165, 1.54) is 27.9 Å². The van der Waals surface area contributed by atoms with Crippen molar-refractivity contribution in [3.63, 3.8) is 0 Å².